The first-order valence-electron chi connectivity index (χ1n) is 5.52. The molecule has 1 amide bonds. The van der Waals surface area contributed by atoms with Crippen molar-refractivity contribution >= 4 is 46.1 Å². The number of halogens is 2. The van der Waals surface area contributed by atoms with Crippen LogP contribution < -0.4 is 5.73 Å². The number of hydrogen-bond acceptors (Lipinski definition) is 3. The van der Waals surface area contributed by atoms with Gasteiger partial charge in [0, 0.05) is 22.6 Å². The zero-order chi connectivity index (χ0) is 14.0. The number of carbonyl (C=O) groups excluding carboxylic acids is 1. The van der Waals surface area contributed by atoms with Gasteiger partial charge < -0.3 is 10.6 Å². The topological polar surface area (TPSA) is 46.3 Å². The van der Waals surface area contributed by atoms with E-state index in [0.29, 0.717) is 27.2 Å². The summed E-state index contributed by atoms with van der Waals surface area (Å²) in [6.07, 6.45) is 0. The Bertz CT molecular complexity index is 612. The standard InChI is InChI=1S/C13H12Cl2N2OS/c1-17(7-9-3-5-12(15)19-9)13(18)10-6-8(14)2-4-11(10)16/h2-6H,7,16H2,1H3. The van der Waals surface area contributed by atoms with E-state index in [4.69, 9.17) is 28.9 Å². The van der Waals surface area contributed by atoms with Crippen LogP contribution in [0.25, 0.3) is 0 Å². The minimum absolute atomic E-state index is 0.162. The minimum atomic E-state index is -0.162. The quantitative estimate of drug-likeness (QED) is 0.873. The third kappa shape index (κ3) is 3.41. The van der Waals surface area contributed by atoms with Crippen LogP contribution in [0.5, 0.6) is 0 Å². The normalized spacial score (nSPS) is 10.5. The van der Waals surface area contributed by atoms with Crippen LogP contribution >= 0.6 is 34.5 Å². The third-order valence-corrected chi connectivity index (χ3v) is 4.07. The zero-order valence-corrected chi connectivity index (χ0v) is 12.5. The number of hydrogen-bond donors (Lipinski definition) is 1. The van der Waals surface area contributed by atoms with Crippen molar-refractivity contribution in [2.75, 3.05) is 12.8 Å². The molecule has 6 heteroatoms. The number of carbonyl (C=O) groups is 1. The molecule has 0 saturated carbocycles. The van der Waals surface area contributed by atoms with Gasteiger partial charge in [0.1, 0.15) is 0 Å². The number of rotatable bonds is 3. The molecule has 0 atom stereocenters. The molecule has 3 nitrogen and oxygen atoms in total. The average Bonchev–Trinajstić information content (AvgIpc) is 2.77. The molecule has 0 saturated heterocycles. The average molecular weight is 315 g/mol. The van der Waals surface area contributed by atoms with Crippen LogP contribution in [0.15, 0.2) is 30.3 Å². The maximum Gasteiger partial charge on any atom is 0.256 e. The predicted octanol–water partition coefficient (Wildman–Crippen LogP) is 3.91. The molecular weight excluding hydrogens is 303 g/mol. The molecule has 0 aliphatic heterocycles. The highest BCUT2D eigenvalue weighted by molar-refractivity contribution is 7.16. The summed E-state index contributed by atoms with van der Waals surface area (Å²) in [6, 6.07) is 8.58. The molecule has 2 rings (SSSR count). The van der Waals surface area contributed by atoms with Gasteiger partial charge in [-0.15, -0.1) is 11.3 Å². The summed E-state index contributed by atoms with van der Waals surface area (Å²) in [6.45, 7) is 0.488. The molecule has 1 heterocycles. The number of benzene rings is 1. The summed E-state index contributed by atoms with van der Waals surface area (Å²) in [5.74, 6) is -0.162. The highest BCUT2D eigenvalue weighted by Crippen LogP contribution is 2.24. The van der Waals surface area contributed by atoms with Gasteiger partial charge in [0.25, 0.3) is 5.91 Å². The smallest absolute Gasteiger partial charge is 0.256 e. The van der Waals surface area contributed by atoms with Gasteiger partial charge in [-0.3, -0.25) is 4.79 Å². The van der Waals surface area contributed by atoms with Crippen LogP contribution in [0.2, 0.25) is 9.36 Å². The zero-order valence-electron chi connectivity index (χ0n) is 10.2. The van der Waals surface area contributed by atoms with Crippen LogP contribution in [0, 0.1) is 0 Å². The van der Waals surface area contributed by atoms with Crippen LogP contribution in [-0.2, 0) is 6.54 Å². The van der Waals surface area contributed by atoms with Crippen LogP contribution in [0.3, 0.4) is 0 Å². The Morgan fingerprint density at radius 3 is 2.68 bits per heavy atom. The van der Waals surface area contributed by atoms with Crippen molar-refractivity contribution in [2.24, 2.45) is 0 Å². The predicted molar refractivity (Wildman–Crippen MR) is 81.0 cm³/mol. The SMILES string of the molecule is CN(Cc1ccc(Cl)s1)C(=O)c1cc(Cl)ccc1N. The van der Waals surface area contributed by atoms with Crippen LogP contribution in [0.4, 0.5) is 5.69 Å². The van der Waals surface area contributed by atoms with Crippen LogP contribution in [0.1, 0.15) is 15.2 Å². The van der Waals surface area contributed by atoms with E-state index in [9.17, 15) is 4.79 Å². The molecule has 0 bridgehead atoms. The lowest BCUT2D eigenvalue weighted by molar-refractivity contribution is 0.0787. The Hall–Kier alpha value is -1.23. The fourth-order valence-electron chi connectivity index (χ4n) is 1.66. The fraction of sp³-hybridized carbons (Fsp3) is 0.154. The lowest BCUT2D eigenvalue weighted by Crippen LogP contribution is -2.26. The number of amides is 1. The largest absolute Gasteiger partial charge is 0.398 e. The van der Waals surface area contributed by atoms with E-state index in [1.807, 2.05) is 12.1 Å². The molecule has 19 heavy (non-hydrogen) atoms. The highest BCUT2D eigenvalue weighted by atomic mass is 35.5. The summed E-state index contributed by atoms with van der Waals surface area (Å²) in [5.41, 5.74) is 6.64. The van der Waals surface area contributed by atoms with Crippen molar-refractivity contribution in [3.05, 3.63) is 50.1 Å². The molecule has 1 aromatic heterocycles. The number of nitrogens with two attached hydrogens (primary N) is 1. The molecule has 100 valence electrons. The van der Waals surface area contributed by atoms with Gasteiger partial charge in [-0.1, -0.05) is 23.2 Å². The van der Waals surface area contributed by atoms with E-state index in [-0.39, 0.29) is 5.91 Å². The second kappa shape index (κ2) is 5.82. The van der Waals surface area contributed by atoms with E-state index in [0.717, 1.165) is 4.88 Å². The number of anilines is 1. The maximum absolute atomic E-state index is 12.3. The maximum atomic E-state index is 12.3. The van der Waals surface area contributed by atoms with Gasteiger partial charge in [-0.05, 0) is 30.3 Å². The Balaban J connectivity index is 2.16. The first kappa shape index (κ1) is 14.2. The van der Waals surface area contributed by atoms with Crippen molar-refractivity contribution < 1.29 is 4.79 Å². The van der Waals surface area contributed by atoms with Crippen molar-refractivity contribution in [1.29, 1.82) is 0 Å². The van der Waals surface area contributed by atoms with E-state index in [2.05, 4.69) is 0 Å². The molecule has 0 radical (unpaired) electrons. The Labute approximate surface area is 125 Å². The molecule has 2 N–H and O–H groups in total. The van der Waals surface area contributed by atoms with Gasteiger partial charge in [0.15, 0.2) is 0 Å². The van der Waals surface area contributed by atoms with E-state index in [1.165, 1.54) is 11.3 Å². The molecule has 0 spiro atoms. The fourth-order valence-corrected chi connectivity index (χ4v) is 2.97. The summed E-state index contributed by atoms with van der Waals surface area (Å²) in [7, 11) is 1.72. The van der Waals surface area contributed by atoms with E-state index < -0.39 is 0 Å². The number of nitrogen functional groups attached to an aromatic ring is 1. The Kier molecular flexibility index (Phi) is 4.34. The molecule has 0 unspecified atom stereocenters. The minimum Gasteiger partial charge on any atom is -0.398 e. The summed E-state index contributed by atoms with van der Waals surface area (Å²) in [5, 5.41) is 0.491. The van der Waals surface area contributed by atoms with E-state index in [1.54, 1.807) is 30.1 Å². The first-order valence-corrected chi connectivity index (χ1v) is 7.09. The van der Waals surface area contributed by atoms with Gasteiger partial charge >= 0.3 is 0 Å². The van der Waals surface area contributed by atoms with Crippen molar-refractivity contribution in [1.82, 2.24) is 4.90 Å². The molecule has 0 fully saturated rings. The number of thiophene rings is 1. The van der Waals surface area contributed by atoms with Gasteiger partial charge in [0.05, 0.1) is 16.4 Å². The Morgan fingerprint density at radius 2 is 2.05 bits per heavy atom. The molecule has 0 aliphatic carbocycles. The van der Waals surface area contributed by atoms with Crippen molar-refractivity contribution in [3.63, 3.8) is 0 Å². The van der Waals surface area contributed by atoms with Crippen LogP contribution in [-0.4, -0.2) is 17.9 Å². The molecule has 0 aliphatic rings. The summed E-state index contributed by atoms with van der Waals surface area (Å²) < 4.78 is 0.707. The molecular formula is C13H12Cl2N2OS. The van der Waals surface area contributed by atoms with Crippen molar-refractivity contribution in [2.45, 2.75) is 6.54 Å². The number of nitrogens with zero attached hydrogens (tertiary/aromatic N) is 1. The van der Waals surface area contributed by atoms with Crippen molar-refractivity contribution in [3.8, 4) is 0 Å². The highest BCUT2D eigenvalue weighted by Gasteiger charge is 2.16. The van der Waals surface area contributed by atoms with Gasteiger partial charge in [-0.25, -0.2) is 0 Å². The first-order chi connectivity index (χ1) is 8.97. The molecule has 1 aromatic carbocycles. The van der Waals surface area contributed by atoms with Gasteiger partial charge in [-0.2, -0.15) is 0 Å². The lowest BCUT2D eigenvalue weighted by Gasteiger charge is -2.17. The lowest BCUT2D eigenvalue weighted by atomic mass is 10.1. The second-order valence-corrected chi connectivity index (χ2v) is 6.33. The van der Waals surface area contributed by atoms with E-state index >= 15 is 0 Å². The Morgan fingerprint density at radius 1 is 1.32 bits per heavy atom. The molecule has 2 aromatic rings. The monoisotopic (exact) mass is 314 g/mol. The third-order valence-electron chi connectivity index (χ3n) is 2.61. The second-order valence-electron chi connectivity index (χ2n) is 4.10. The summed E-state index contributed by atoms with van der Waals surface area (Å²) in [4.78, 5) is 14.9. The van der Waals surface area contributed by atoms with Gasteiger partial charge in [0.2, 0.25) is 0 Å². The summed E-state index contributed by atoms with van der Waals surface area (Å²) >= 11 is 13.2.